The van der Waals surface area contributed by atoms with E-state index in [1.54, 1.807) is 11.3 Å². The first-order valence-electron chi connectivity index (χ1n) is 6.62. The molecule has 1 N–H and O–H groups in total. The number of carbonyl (C=O) groups is 1. The Bertz CT molecular complexity index is 429. The van der Waals surface area contributed by atoms with Crippen LogP contribution in [0.15, 0.2) is 12.1 Å². The zero-order valence-corrected chi connectivity index (χ0v) is 11.9. The van der Waals surface area contributed by atoms with Crippen LogP contribution in [0.5, 0.6) is 0 Å². The number of piperidine rings is 1. The van der Waals surface area contributed by atoms with Crippen molar-refractivity contribution in [3.05, 3.63) is 21.9 Å². The molecule has 1 aromatic rings. The molecule has 4 heteroatoms. The Kier molecular flexibility index (Phi) is 4.07. The number of thiophene rings is 1. The first kappa shape index (κ1) is 13.6. The predicted molar refractivity (Wildman–Crippen MR) is 74.0 cm³/mol. The molecule has 1 fully saturated rings. The highest BCUT2D eigenvalue weighted by atomic mass is 32.1. The summed E-state index contributed by atoms with van der Waals surface area (Å²) >= 11 is 1.80. The van der Waals surface area contributed by atoms with E-state index in [-0.39, 0.29) is 0 Å². The summed E-state index contributed by atoms with van der Waals surface area (Å²) in [5, 5.41) is 9.46. The molecule has 1 aromatic heterocycles. The number of aryl methyl sites for hydroxylation is 1. The molecule has 0 spiro atoms. The third kappa shape index (κ3) is 2.59. The highest BCUT2D eigenvalue weighted by molar-refractivity contribution is 7.11. The van der Waals surface area contributed by atoms with Crippen LogP contribution in [-0.4, -0.2) is 28.1 Å². The van der Waals surface area contributed by atoms with Crippen molar-refractivity contribution in [3.8, 4) is 0 Å². The van der Waals surface area contributed by atoms with Crippen LogP contribution in [0.3, 0.4) is 0 Å². The Morgan fingerprint density at radius 2 is 2.17 bits per heavy atom. The Morgan fingerprint density at radius 3 is 2.78 bits per heavy atom. The standard InChI is InChI=1S/C14H21NO2S/c1-3-11-6-7-12(18-11)10-15-9-5-4-8-14(15,2)13(16)17/h6-7H,3-5,8-10H2,1-2H3,(H,16,17). The van der Waals surface area contributed by atoms with Crippen molar-refractivity contribution in [2.24, 2.45) is 0 Å². The van der Waals surface area contributed by atoms with E-state index in [0.717, 1.165) is 38.8 Å². The van der Waals surface area contributed by atoms with Crippen LogP contribution in [0.1, 0.15) is 42.9 Å². The second kappa shape index (κ2) is 5.41. The molecular formula is C14H21NO2S. The van der Waals surface area contributed by atoms with Crippen molar-refractivity contribution in [2.75, 3.05) is 6.54 Å². The third-order valence-corrected chi connectivity index (χ3v) is 5.13. The second-order valence-corrected chi connectivity index (χ2v) is 6.43. The molecule has 2 rings (SSSR count). The normalized spacial score (nSPS) is 25.2. The van der Waals surface area contributed by atoms with E-state index in [2.05, 4.69) is 24.0 Å². The molecule has 3 nitrogen and oxygen atoms in total. The molecule has 0 aliphatic carbocycles. The minimum absolute atomic E-state index is 0.686. The third-order valence-electron chi connectivity index (χ3n) is 3.91. The average molecular weight is 267 g/mol. The number of rotatable bonds is 4. The number of carboxylic acid groups (broad SMARTS) is 1. The molecule has 0 radical (unpaired) electrons. The van der Waals surface area contributed by atoms with Gasteiger partial charge in [-0.15, -0.1) is 11.3 Å². The van der Waals surface area contributed by atoms with E-state index in [4.69, 9.17) is 0 Å². The Labute approximate surface area is 112 Å². The number of hydrogen-bond donors (Lipinski definition) is 1. The van der Waals surface area contributed by atoms with Crippen molar-refractivity contribution < 1.29 is 9.90 Å². The van der Waals surface area contributed by atoms with E-state index in [1.807, 2.05) is 6.92 Å². The summed E-state index contributed by atoms with van der Waals surface area (Å²) in [6.07, 6.45) is 3.94. The van der Waals surface area contributed by atoms with Crippen LogP contribution in [0.25, 0.3) is 0 Å². The molecule has 0 bridgehead atoms. The van der Waals surface area contributed by atoms with Crippen LogP contribution in [0.4, 0.5) is 0 Å². The minimum Gasteiger partial charge on any atom is -0.480 e. The lowest BCUT2D eigenvalue weighted by Gasteiger charge is -2.41. The summed E-state index contributed by atoms with van der Waals surface area (Å²) in [5.41, 5.74) is -0.686. The number of aliphatic carboxylic acids is 1. The molecule has 1 unspecified atom stereocenters. The van der Waals surface area contributed by atoms with Gasteiger partial charge in [0.05, 0.1) is 0 Å². The number of nitrogens with zero attached hydrogens (tertiary/aromatic N) is 1. The van der Waals surface area contributed by atoms with Gasteiger partial charge in [-0.3, -0.25) is 9.69 Å². The number of likely N-dealkylation sites (tertiary alicyclic amines) is 1. The lowest BCUT2D eigenvalue weighted by Crippen LogP contribution is -2.54. The van der Waals surface area contributed by atoms with E-state index >= 15 is 0 Å². The second-order valence-electron chi connectivity index (χ2n) is 5.18. The predicted octanol–water partition coefficient (Wildman–Crippen LogP) is 3.14. The average Bonchev–Trinajstić information content (AvgIpc) is 2.80. The fourth-order valence-corrected chi connectivity index (χ4v) is 3.53. The van der Waals surface area contributed by atoms with Crippen LogP contribution in [0, 0.1) is 0 Å². The van der Waals surface area contributed by atoms with Gasteiger partial charge in [-0.25, -0.2) is 0 Å². The largest absolute Gasteiger partial charge is 0.480 e. The molecule has 1 saturated heterocycles. The zero-order valence-electron chi connectivity index (χ0n) is 11.1. The van der Waals surface area contributed by atoms with Gasteiger partial charge in [0.2, 0.25) is 0 Å². The van der Waals surface area contributed by atoms with Crippen molar-refractivity contribution in [2.45, 2.75) is 51.6 Å². The Balaban J connectivity index is 2.12. The molecule has 0 amide bonds. The van der Waals surface area contributed by atoms with E-state index in [0.29, 0.717) is 0 Å². The van der Waals surface area contributed by atoms with E-state index < -0.39 is 11.5 Å². The molecule has 100 valence electrons. The summed E-state index contributed by atoms with van der Waals surface area (Å²) < 4.78 is 0. The first-order chi connectivity index (χ1) is 8.56. The molecule has 2 heterocycles. The van der Waals surface area contributed by atoms with Gasteiger partial charge >= 0.3 is 5.97 Å². The molecular weight excluding hydrogens is 246 g/mol. The van der Waals surface area contributed by atoms with Gasteiger partial charge in [-0.1, -0.05) is 6.92 Å². The van der Waals surface area contributed by atoms with Gasteiger partial charge in [-0.2, -0.15) is 0 Å². The van der Waals surface area contributed by atoms with Crippen molar-refractivity contribution in [1.82, 2.24) is 4.90 Å². The monoisotopic (exact) mass is 267 g/mol. The highest BCUT2D eigenvalue weighted by Crippen LogP contribution is 2.31. The molecule has 1 atom stereocenters. The molecule has 1 aliphatic heterocycles. The van der Waals surface area contributed by atoms with Crippen LogP contribution >= 0.6 is 11.3 Å². The first-order valence-corrected chi connectivity index (χ1v) is 7.44. The van der Waals surface area contributed by atoms with Crippen LogP contribution in [0.2, 0.25) is 0 Å². The Morgan fingerprint density at radius 1 is 1.44 bits per heavy atom. The smallest absolute Gasteiger partial charge is 0.323 e. The summed E-state index contributed by atoms with van der Waals surface area (Å²) in [5.74, 6) is -0.686. The lowest BCUT2D eigenvalue weighted by molar-refractivity contribution is -0.153. The maximum Gasteiger partial charge on any atom is 0.323 e. The maximum absolute atomic E-state index is 11.5. The number of hydrogen-bond acceptors (Lipinski definition) is 3. The van der Waals surface area contributed by atoms with E-state index in [9.17, 15) is 9.90 Å². The zero-order chi connectivity index (χ0) is 13.2. The molecule has 1 aliphatic rings. The summed E-state index contributed by atoms with van der Waals surface area (Å²) in [6.45, 7) is 5.68. The van der Waals surface area contributed by atoms with Crippen LogP contribution < -0.4 is 0 Å². The summed E-state index contributed by atoms with van der Waals surface area (Å²) in [7, 11) is 0. The van der Waals surface area contributed by atoms with Gasteiger partial charge in [-0.05, 0) is 51.3 Å². The van der Waals surface area contributed by atoms with Gasteiger partial charge in [0.1, 0.15) is 5.54 Å². The lowest BCUT2D eigenvalue weighted by atomic mass is 9.88. The van der Waals surface area contributed by atoms with Gasteiger partial charge < -0.3 is 5.11 Å². The minimum atomic E-state index is -0.686. The van der Waals surface area contributed by atoms with Crippen LogP contribution in [-0.2, 0) is 17.8 Å². The Hall–Kier alpha value is -0.870. The highest BCUT2D eigenvalue weighted by Gasteiger charge is 2.41. The fourth-order valence-electron chi connectivity index (χ4n) is 2.56. The van der Waals surface area contributed by atoms with E-state index in [1.165, 1.54) is 9.75 Å². The fraction of sp³-hybridized carbons (Fsp3) is 0.643. The molecule has 18 heavy (non-hydrogen) atoms. The van der Waals surface area contributed by atoms with Crippen molar-refractivity contribution in [3.63, 3.8) is 0 Å². The SMILES string of the molecule is CCc1ccc(CN2CCCCC2(C)C(=O)O)s1. The summed E-state index contributed by atoms with van der Waals surface area (Å²) in [6, 6.07) is 4.29. The van der Waals surface area contributed by atoms with Crippen molar-refractivity contribution in [1.29, 1.82) is 0 Å². The van der Waals surface area contributed by atoms with Gasteiger partial charge in [0.15, 0.2) is 0 Å². The summed E-state index contributed by atoms with van der Waals surface area (Å²) in [4.78, 5) is 16.3. The maximum atomic E-state index is 11.5. The molecule has 0 saturated carbocycles. The quantitative estimate of drug-likeness (QED) is 0.911. The molecule has 0 aromatic carbocycles. The van der Waals surface area contributed by atoms with Gasteiger partial charge in [0, 0.05) is 16.3 Å². The van der Waals surface area contributed by atoms with Gasteiger partial charge in [0.25, 0.3) is 0 Å². The topological polar surface area (TPSA) is 40.5 Å². The van der Waals surface area contributed by atoms with Crippen molar-refractivity contribution >= 4 is 17.3 Å². The number of carboxylic acids is 1.